The second kappa shape index (κ2) is 11.3. The third-order valence-corrected chi connectivity index (χ3v) is 8.77. The monoisotopic (exact) mass is 546 g/mol. The lowest BCUT2D eigenvalue weighted by atomic mass is 10.1. The lowest BCUT2D eigenvalue weighted by Gasteiger charge is -2.24. The molecule has 0 radical (unpaired) electrons. The van der Waals surface area contributed by atoms with E-state index < -0.39 is 34.3 Å². The first-order valence-corrected chi connectivity index (χ1v) is 14.1. The summed E-state index contributed by atoms with van der Waals surface area (Å²) in [5.41, 5.74) is 1.32. The minimum absolute atomic E-state index is 0.0598. The molecule has 1 amide bonds. The number of ether oxygens (including phenoxy) is 2. The van der Waals surface area contributed by atoms with Crippen LogP contribution in [0, 0.1) is 5.82 Å². The largest absolute Gasteiger partial charge is 0.494 e. The Morgan fingerprint density at radius 1 is 1.03 bits per heavy atom. The molecule has 8 nitrogen and oxygen atoms in total. The maximum atomic E-state index is 13.6. The second-order valence-corrected chi connectivity index (χ2v) is 11.2. The molecule has 0 atom stereocenters. The van der Waals surface area contributed by atoms with Crippen molar-refractivity contribution in [2.75, 3.05) is 29.4 Å². The molecule has 0 saturated carbocycles. The number of fused-ring (bicyclic) bond motifs is 1. The van der Waals surface area contributed by atoms with Crippen LogP contribution in [0.4, 0.5) is 15.1 Å². The Morgan fingerprint density at radius 2 is 1.73 bits per heavy atom. The standard InChI is InChI=1S/C26H27FN2O6S2/c1-3-34-19-12-14-20(15-13-19)37(32,33)29(18-10-8-17(27)9-11-18)16-23(30)28-25-24(26(31)35-4-2)21-6-5-7-22(21)36-25/h8-15H,3-7,16H2,1-2H3,(H,28,30). The van der Waals surface area contributed by atoms with Crippen LogP contribution in [0.2, 0.25) is 0 Å². The van der Waals surface area contributed by atoms with E-state index >= 15 is 0 Å². The molecule has 0 spiro atoms. The zero-order chi connectivity index (χ0) is 26.6. The highest BCUT2D eigenvalue weighted by molar-refractivity contribution is 7.92. The normalized spacial score (nSPS) is 12.6. The van der Waals surface area contributed by atoms with Gasteiger partial charge in [-0.05, 0) is 87.2 Å². The molecule has 0 aliphatic heterocycles. The molecule has 0 fully saturated rings. The van der Waals surface area contributed by atoms with Crippen molar-refractivity contribution in [1.29, 1.82) is 0 Å². The highest BCUT2D eigenvalue weighted by Crippen LogP contribution is 2.39. The van der Waals surface area contributed by atoms with Gasteiger partial charge in [0.15, 0.2) is 0 Å². The van der Waals surface area contributed by atoms with E-state index in [-0.39, 0.29) is 17.2 Å². The summed E-state index contributed by atoms with van der Waals surface area (Å²) >= 11 is 1.30. The topological polar surface area (TPSA) is 102 Å². The second-order valence-electron chi connectivity index (χ2n) is 8.22. The molecular formula is C26H27FN2O6S2. The summed E-state index contributed by atoms with van der Waals surface area (Å²) in [4.78, 5) is 26.8. The molecule has 37 heavy (non-hydrogen) atoms. The van der Waals surface area contributed by atoms with E-state index in [9.17, 15) is 22.4 Å². The lowest BCUT2D eigenvalue weighted by Crippen LogP contribution is -2.38. The van der Waals surface area contributed by atoms with Gasteiger partial charge in [0.2, 0.25) is 5.91 Å². The molecule has 2 aromatic carbocycles. The smallest absolute Gasteiger partial charge is 0.341 e. The number of hydrogen-bond donors (Lipinski definition) is 1. The number of rotatable bonds is 10. The fraction of sp³-hybridized carbons (Fsp3) is 0.308. The summed E-state index contributed by atoms with van der Waals surface area (Å²) in [6, 6.07) is 10.6. The first-order chi connectivity index (χ1) is 17.7. The SMILES string of the molecule is CCOC(=O)c1c(NC(=O)CN(c2ccc(F)cc2)S(=O)(=O)c2ccc(OCC)cc2)sc2c1CCC2. The van der Waals surface area contributed by atoms with E-state index in [2.05, 4.69) is 5.32 Å². The number of halogens is 1. The van der Waals surface area contributed by atoms with Crippen LogP contribution >= 0.6 is 11.3 Å². The van der Waals surface area contributed by atoms with Crippen molar-refractivity contribution in [1.82, 2.24) is 0 Å². The van der Waals surface area contributed by atoms with Crippen molar-refractivity contribution in [3.63, 3.8) is 0 Å². The quantitative estimate of drug-likeness (QED) is 0.367. The van der Waals surface area contributed by atoms with Gasteiger partial charge >= 0.3 is 5.97 Å². The Balaban J connectivity index is 1.64. The Hall–Kier alpha value is -3.44. The van der Waals surface area contributed by atoms with Gasteiger partial charge in [-0.2, -0.15) is 0 Å². The predicted molar refractivity (Wildman–Crippen MR) is 139 cm³/mol. The van der Waals surface area contributed by atoms with E-state index in [1.807, 2.05) is 6.92 Å². The molecule has 1 aliphatic carbocycles. The number of nitrogens with one attached hydrogen (secondary N) is 1. The van der Waals surface area contributed by atoms with E-state index in [0.717, 1.165) is 39.7 Å². The van der Waals surface area contributed by atoms with Gasteiger partial charge in [0.1, 0.15) is 23.1 Å². The van der Waals surface area contributed by atoms with Crippen LogP contribution in [-0.4, -0.2) is 40.1 Å². The molecule has 1 aromatic heterocycles. The molecule has 0 bridgehead atoms. The summed E-state index contributed by atoms with van der Waals surface area (Å²) in [6.07, 6.45) is 2.43. The zero-order valence-corrected chi connectivity index (χ0v) is 22.1. The summed E-state index contributed by atoms with van der Waals surface area (Å²) in [5.74, 6) is -1.21. The lowest BCUT2D eigenvalue weighted by molar-refractivity contribution is -0.114. The highest BCUT2D eigenvalue weighted by Gasteiger charge is 2.31. The number of thiophene rings is 1. The zero-order valence-electron chi connectivity index (χ0n) is 20.5. The van der Waals surface area contributed by atoms with Gasteiger partial charge in [0.05, 0.1) is 29.4 Å². The van der Waals surface area contributed by atoms with Crippen molar-refractivity contribution in [3.8, 4) is 5.75 Å². The summed E-state index contributed by atoms with van der Waals surface area (Å²) < 4.78 is 52.3. The van der Waals surface area contributed by atoms with Crippen LogP contribution in [0.15, 0.2) is 53.4 Å². The number of nitrogens with zero attached hydrogens (tertiary/aromatic N) is 1. The van der Waals surface area contributed by atoms with Gasteiger partial charge in [0, 0.05) is 4.88 Å². The molecule has 1 N–H and O–H groups in total. The molecule has 11 heteroatoms. The molecule has 3 aromatic rings. The van der Waals surface area contributed by atoms with Crippen LogP contribution in [0.1, 0.15) is 41.1 Å². The van der Waals surface area contributed by atoms with Crippen molar-refractivity contribution in [2.45, 2.75) is 38.0 Å². The Kier molecular flexibility index (Phi) is 8.13. The van der Waals surface area contributed by atoms with E-state index in [1.165, 1.54) is 47.7 Å². The third-order valence-electron chi connectivity index (χ3n) is 5.78. The van der Waals surface area contributed by atoms with Gasteiger partial charge in [-0.3, -0.25) is 9.10 Å². The van der Waals surface area contributed by atoms with E-state index in [1.54, 1.807) is 6.92 Å². The number of benzene rings is 2. The van der Waals surface area contributed by atoms with Crippen LogP contribution in [-0.2, 0) is 32.4 Å². The minimum atomic E-state index is -4.21. The Morgan fingerprint density at radius 3 is 2.38 bits per heavy atom. The van der Waals surface area contributed by atoms with E-state index in [4.69, 9.17) is 9.47 Å². The molecule has 196 valence electrons. The number of hydrogen-bond acceptors (Lipinski definition) is 7. The number of amides is 1. The van der Waals surface area contributed by atoms with Gasteiger partial charge in [-0.1, -0.05) is 0 Å². The summed E-state index contributed by atoms with van der Waals surface area (Å²) in [5, 5.41) is 3.06. The maximum absolute atomic E-state index is 13.6. The number of anilines is 2. The fourth-order valence-corrected chi connectivity index (χ4v) is 6.85. The average Bonchev–Trinajstić information content (AvgIpc) is 3.45. The van der Waals surface area contributed by atoms with Crippen molar-refractivity contribution >= 4 is 43.9 Å². The van der Waals surface area contributed by atoms with Crippen molar-refractivity contribution in [3.05, 3.63) is 70.4 Å². The van der Waals surface area contributed by atoms with Crippen molar-refractivity contribution < 1.29 is 31.9 Å². The number of sulfonamides is 1. The minimum Gasteiger partial charge on any atom is -0.494 e. The molecule has 0 saturated heterocycles. The van der Waals surface area contributed by atoms with Crippen LogP contribution in [0.3, 0.4) is 0 Å². The maximum Gasteiger partial charge on any atom is 0.341 e. The van der Waals surface area contributed by atoms with Crippen molar-refractivity contribution in [2.24, 2.45) is 0 Å². The van der Waals surface area contributed by atoms with Gasteiger partial charge in [0.25, 0.3) is 10.0 Å². The fourth-order valence-electron chi connectivity index (χ4n) is 4.13. The van der Waals surface area contributed by atoms with Gasteiger partial charge < -0.3 is 14.8 Å². The summed E-state index contributed by atoms with van der Waals surface area (Å²) in [6.45, 7) is 3.54. The molecule has 4 rings (SSSR count). The molecule has 1 aliphatic rings. The Labute approximate surface area is 219 Å². The van der Waals surface area contributed by atoms with Crippen LogP contribution in [0.25, 0.3) is 0 Å². The molecular weight excluding hydrogens is 519 g/mol. The first-order valence-electron chi connectivity index (χ1n) is 11.9. The highest BCUT2D eigenvalue weighted by atomic mass is 32.2. The first kappa shape index (κ1) is 26.6. The van der Waals surface area contributed by atoms with E-state index in [0.29, 0.717) is 29.3 Å². The number of esters is 1. The molecule has 1 heterocycles. The number of carbonyl (C=O) groups is 2. The number of carbonyl (C=O) groups excluding carboxylic acids is 2. The molecule has 0 unspecified atom stereocenters. The van der Waals surface area contributed by atoms with Crippen LogP contribution < -0.4 is 14.4 Å². The number of aryl methyl sites for hydroxylation is 1. The van der Waals surface area contributed by atoms with Gasteiger partial charge in [-0.15, -0.1) is 11.3 Å². The average molecular weight is 547 g/mol. The van der Waals surface area contributed by atoms with Gasteiger partial charge in [-0.25, -0.2) is 17.6 Å². The van der Waals surface area contributed by atoms with Crippen LogP contribution in [0.5, 0.6) is 5.75 Å². The third kappa shape index (κ3) is 5.78. The summed E-state index contributed by atoms with van der Waals surface area (Å²) in [7, 11) is -4.21. The predicted octanol–water partition coefficient (Wildman–Crippen LogP) is 4.79. The Bertz CT molecular complexity index is 1390.